The van der Waals surface area contributed by atoms with E-state index in [9.17, 15) is 0 Å². The Hall–Kier alpha value is 1.85. The molecule has 0 rings (SSSR count). The van der Waals surface area contributed by atoms with Gasteiger partial charge in [-0.2, -0.15) is 0 Å². The monoisotopic (exact) mass is 337 g/mol. The van der Waals surface area contributed by atoms with Gasteiger partial charge >= 0.3 is 52.4 Å². The first-order valence-electron chi connectivity index (χ1n) is 0.478. The normalized spacial score (nSPS) is 15.2. The predicted molar refractivity (Wildman–Crippen MR) is 25.6 cm³/mol. The van der Waals surface area contributed by atoms with Crippen molar-refractivity contribution < 1.29 is 14.7 Å². The first kappa shape index (κ1) is 6.85. The first-order valence-corrected chi connectivity index (χ1v) is 11.7. The average Bonchev–Trinajstić information content (AvgIpc) is 0.722. The third-order valence-electron chi connectivity index (χ3n) is 0. The Labute approximate surface area is 52.2 Å². The van der Waals surface area contributed by atoms with Crippen LogP contribution in [-0.4, -0.2) is 0 Å². The molecule has 5 heteroatoms. The van der Waals surface area contributed by atoms with E-state index in [1.165, 1.54) is 0 Å². The van der Waals surface area contributed by atoms with Gasteiger partial charge in [-0.3, -0.25) is 0 Å². The van der Waals surface area contributed by atoms with Gasteiger partial charge in [0.2, 0.25) is 0 Å². The molecule has 0 spiro atoms. The van der Waals surface area contributed by atoms with Crippen LogP contribution in [0.5, 0.6) is 0 Å². The summed E-state index contributed by atoms with van der Waals surface area (Å²) in [6.07, 6.45) is 0. The van der Waals surface area contributed by atoms with Crippen LogP contribution in [0, 0.1) is 0 Å². The Morgan fingerprint density at radius 2 is 1.00 bits per heavy atom. The number of rotatable bonds is 0. The first-order chi connectivity index (χ1) is 2.00. The molecule has 0 heterocycles. The van der Waals surface area contributed by atoms with E-state index in [1.807, 2.05) is 0 Å². The van der Waals surface area contributed by atoms with Gasteiger partial charge in [0.25, 0.3) is 0 Å². The molecule has 0 saturated heterocycles. The standard InChI is InChI=1S/4ClH.Pt/h4*1H;/q;;;;+4/p-2. The largest absolute Gasteiger partial charge is 1.00 e. The van der Waals surface area contributed by atoms with Gasteiger partial charge in [0.1, 0.15) is 0 Å². The second kappa shape index (κ2) is 2.23. The summed E-state index contributed by atoms with van der Waals surface area (Å²) in [7, 11) is 20.0. The summed E-state index contributed by atoms with van der Waals surface area (Å²) >= 11 is -3.06. The van der Waals surface area contributed by atoms with Gasteiger partial charge in [0.15, 0.2) is 0 Å². The summed E-state index contributed by atoms with van der Waals surface area (Å²) < 4.78 is 0. The Bertz CT molecular complexity index is 25.2. The molecule has 0 saturated carbocycles. The molecule has 38 valence electrons. The SMILES string of the molecule is [Cl][Pt]([Cl])([Cl])[Cl].[H+].[H+]. The maximum atomic E-state index is 5.01. The summed E-state index contributed by atoms with van der Waals surface area (Å²) in [6.45, 7) is 0. The Morgan fingerprint density at radius 3 is 1.00 bits per heavy atom. The summed E-state index contributed by atoms with van der Waals surface area (Å²) in [5.74, 6) is 0. The maximum absolute atomic E-state index is 5.01. The van der Waals surface area contributed by atoms with Crippen molar-refractivity contribution >= 4 is 37.7 Å². The van der Waals surface area contributed by atoms with E-state index in [0.717, 1.165) is 0 Å². The molecule has 0 aliphatic heterocycles. The van der Waals surface area contributed by atoms with E-state index in [1.54, 1.807) is 0 Å². The fourth-order valence-corrected chi connectivity index (χ4v) is 0. The molecule has 0 radical (unpaired) electrons. The molecule has 0 aliphatic rings. The molecule has 0 unspecified atom stereocenters. The summed E-state index contributed by atoms with van der Waals surface area (Å²) in [5.41, 5.74) is 0. The predicted octanol–water partition coefficient (Wildman–Crippen LogP) is 2.98. The van der Waals surface area contributed by atoms with Gasteiger partial charge in [0, 0.05) is 0 Å². The molecule has 0 aromatic carbocycles. The Balaban J connectivity index is -0.0000000800. The van der Waals surface area contributed by atoms with Crippen molar-refractivity contribution in [1.29, 1.82) is 0 Å². The van der Waals surface area contributed by atoms with Crippen LogP contribution in [0.2, 0.25) is 0 Å². The van der Waals surface area contributed by atoms with Crippen molar-refractivity contribution in [2.75, 3.05) is 0 Å². The van der Waals surface area contributed by atoms with E-state index >= 15 is 0 Å². The van der Waals surface area contributed by atoms with Crippen molar-refractivity contribution in [2.45, 2.75) is 0 Å². The minimum absolute atomic E-state index is 0. The van der Waals surface area contributed by atoms with Gasteiger partial charge in [-0.1, -0.05) is 0 Å². The van der Waals surface area contributed by atoms with E-state index in [-0.39, 0.29) is 2.85 Å². The third kappa shape index (κ3) is 25.4. The van der Waals surface area contributed by atoms with Gasteiger partial charge < -0.3 is 0 Å². The van der Waals surface area contributed by atoms with Crippen LogP contribution in [0.3, 0.4) is 0 Å². The van der Waals surface area contributed by atoms with Gasteiger partial charge in [0.05, 0.1) is 0 Å². The molecule has 0 fully saturated rings. The zero-order chi connectivity index (χ0) is 4.50. The van der Waals surface area contributed by atoms with Crippen molar-refractivity contribution in [1.82, 2.24) is 0 Å². The van der Waals surface area contributed by atoms with Crippen molar-refractivity contribution in [3.8, 4) is 0 Å². The molecular formula is H2Cl4Pt+2. The second-order valence-corrected chi connectivity index (χ2v) is 20.0. The molecule has 0 bridgehead atoms. The molecule has 5 heavy (non-hydrogen) atoms. The number of hydrogen-bond donors (Lipinski definition) is 0. The molecule has 0 aromatic heterocycles. The van der Waals surface area contributed by atoms with E-state index < -0.39 is 11.9 Å². The van der Waals surface area contributed by atoms with Crippen LogP contribution >= 0.6 is 37.7 Å². The molecule has 0 aliphatic carbocycles. The Morgan fingerprint density at radius 1 is 1.00 bits per heavy atom. The zero-order valence-electron chi connectivity index (χ0n) is 3.83. The number of halogens is 4. The summed E-state index contributed by atoms with van der Waals surface area (Å²) in [5, 5.41) is 0. The fraction of sp³-hybridized carbons (Fsp3) is 0. The van der Waals surface area contributed by atoms with Crippen LogP contribution < -0.4 is 0 Å². The second-order valence-electron chi connectivity index (χ2n) is 0.271. The molecule has 0 atom stereocenters. The van der Waals surface area contributed by atoms with Crippen LogP contribution in [0.1, 0.15) is 2.85 Å². The van der Waals surface area contributed by atoms with E-state index in [2.05, 4.69) is 0 Å². The van der Waals surface area contributed by atoms with Crippen molar-refractivity contribution in [2.24, 2.45) is 0 Å². The maximum Gasteiger partial charge on any atom is 1.00 e. The van der Waals surface area contributed by atoms with Crippen LogP contribution in [0.25, 0.3) is 0 Å². The fourth-order valence-electron chi connectivity index (χ4n) is 0. The quantitative estimate of drug-likeness (QED) is 0.637. The number of hydrogen-bond acceptors (Lipinski definition) is 0. The summed E-state index contributed by atoms with van der Waals surface area (Å²) in [4.78, 5) is 0. The van der Waals surface area contributed by atoms with E-state index in [4.69, 9.17) is 37.7 Å². The van der Waals surface area contributed by atoms with Crippen molar-refractivity contribution in [3.05, 3.63) is 0 Å². The third-order valence-corrected chi connectivity index (χ3v) is 0. The molecular weight excluding hydrogens is 337 g/mol. The van der Waals surface area contributed by atoms with Gasteiger partial charge in [-0.15, -0.1) is 0 Å². The van der Waals surface area contributed by atoms with Gasteiger partial charge in [-0.25, -0.2) is 0 Å². The Kier molecular flexibility index (Phi) is 3.06. The van der Waals surface area contributed by atoms with Crippen molar-refractivity contribution in [3.63, 3.8) is 0 Å². The zero-order valence-corrected chi connectivity index (χ0v) is 7.12. The van der Waals surface area contributed by atoms with Crippen LogP contribution in [0.15, 0.2) is 0 Å². The molecule has 0 amide bonds. The molecule has 0 aromatic rings. The van der Waals surface area contributed by atoms with E-state index in [0.29, 0.717) is 0 Å². The topological polar surface area (TPSA) is 0 Å². The molecule has 0 N–H and O–H groups in total. The minimum atomic E-state index is -3.06. The van der Waals surface area contributed by atoms with Crippen LogP contribution in [0.4, 0.5) is 0 Å². The van der Waals surface area contributed by atoms with Gasteiger partial charge in [-0.05, 0) is 0 Å². The minimum Gasteiger partial charge on any atom is 1.00 e. The van der Waals surface area contributed by atoms with Crippen LogP contribution in [-0.2, 0) is 11.9 Å². The average molecular weight is 339 g/mol. The molecule has 0 nitrogen and oxygen atoms in total. The smallest absolute Gasteiger partial charge is 1.00 e. The summed E-state index contributed by atoms with van der Waals surface area (Å²) in [6, 6.07) is 0.